The molecule has 3 heterocycles. The summed E-state index contributed by atoms with van der Waals surface area (Å²) in [5, 5.41) is 0. The maximum absolute atomic E-state index is 12.7. The first-order valence-corrected chi connectivity index (χ1v) is 10.4. The van der Waals surface area contributed by atoms with Gasteiger partial charge in [0.15, 0.2) is 0 Å². The molecule has 0 amide bonds. The number of nitrogens with zero attached hydrogens (tertiary/aromatic N) is 5. The van der Waals surface area contributed by atoms with Crippen molar-refractivity contribution in [3.05, 3.63) is 18.6 Å². The van der Waals surface area contributed by atoms with Crippen LogP contribution in [0.1, 0.15) is 38.5 Å². The Bertz CT molecular complexity index is 650. The maximum Gasteiger partial charge on any atom is 0.281 e. The van der Waals surface area contributed by atoms with Crippen molar-refractivity contribution in [2.45, 2.75) is 50.6 Å². The van der Waals surface area contributed by atoms with Crippen molar-refractivity contribution in [3.63, 3.8) is 0 Å². The summed E-state index contributed by atoms with van der Waals surface area (Å²) in [6.45, 7) is 2.57. The van der Waals surface area contributed by atoms with E-state index in [0.717, 1.165) is 31.5 Å². The lowest BCUT2D eigenvalue weighted by Crippen LogP contribution is -2.51. The van der Waals surface area contributed by atoms with Crippen LogP contribution in [0.25, 0.3) is 0 Å². The molecule has 2 aliphatic heterocycles. The minimum absolute atomic E-state index is 0.373. The van der Waals surface area contributed by atoms with Gasteiger partial charge in [-0.25, -0.2) is 9.97 Å². The SMILES string of the molecule is O=S(=O)(N1CCCC1)N1CCC(N(c2ccncn2)C2CC2)CC1. The van der Waals surface area contributed by atoms with Gasteiger partial charge < -0.3 is 4.90 Å². The Kier molecular flexibility index (Phi) is 4.44. The molecule has 1 saturated carbocycles. The predicted molar refractivity (Wildman–Crippen MR) is 91.9 cm³/mol. The lowest BCUT2D eigenvalue weighted by atomic mass is 10.0. The minimum atomic E-state index is -3.26. The zero-order chi connectivity index (χ0) is 16.6. The van der Waals surface area contributed by atoms with Crippen molar-refractivity contribution in [1.29, 1.82) is 0 Å². The Morgan fingerprint density at radius 1 is 0.958 bits per heavy atom. The van der Waals surface area contributed by atoms with E-state index in [1.54, 1.807) is 21.1 Å². The van der Waals surface area contributed by atoms with Crippen molar-refractivity contribution in [1.82, 2.24) is 18.6 Å². The first-order chi connectivity index (χ1) is 11.7. The van der Waals surface area contributed by atoms with Crippen molar-refractivity contribution < 1.29 is 8.42 Å². The van der Waals surface area contributed by atoms with Gasteiger partial charge in [0.1, 0.15) is 12.1 Å². The lowest BCUT2D eigenvalue weighted by molar-refractivity contribution is 0.288. The third kappa shape index (κ3) is 3.14. The van der Waals surface area contributed by atoms with Gasteiger partial charge >= 0.3 is 0 Å². The Labute approximate surface area is 143 Å². The molecule has 24 heavy (non-hydrogen) atoms. The standard InChI is InChI=1S/C16H25N5O2S/c22-24(23,19-9-1-2-10-19)20-11-6-15(7-12-20)21(14-3-4-14)16-5-8-17-13-18-16/h5,8,13-15H,1-4,6-7,9-12H2. The molecule has 3 aliphatic rings. The Morgan fingerprint density at radius 3 is 2.17 bits per heavy atom. The molecule has 0 bridgehead atoms. The molecule has 0 N–H and O–H groups in total. The van der Waals surface area contributed by atoms with Crippen molar-refractivity contribution in [3.8, 4) is 0 Å². The van der Waals surface area contributed by atoms with Crippen LogP contribution in [-0.2, 0) is 10.2 Å². The summed E-state index contributed by atoms with van der Waals surface area (Å²) in [6, 6.07) is 2.90. The van der Waals surface area contributed by atoms with Crippen LogP contribution in [-0.4, -0.2) is 65.3 Å². The van der Waals surface area contributed by atoms with Crippen LogP contribution in [0.5, 0.6) is 0 Å². The van der Waals surface area contributed by atoms with E-state index in [0.29, 0.717) is 38.3 Å². The second-order valence-corrected chi connectivity index (χ2v) is 8.88. The van der Waals surface area contributed by atoms with Crippen LogP contribution < -0.4 is 4.90 Å². The van der Waals surface area contributed by atoms with Gasteiger partial charge in [-0.2, -0.15) is 17.0 Å². The zero-order valence-corrected chi connectivity index (χ0v) is 14.7. The first kappa shape index (κ1) is 16.2. The molecule has 0 atom stereocenters. The van der Waals surface area contributed by atoms with Crippen LogP contribution in [0, 0.1) is 0 Å². The highest BCUT2D eigenvalue weighted by atomic mass is 32.2. The third-order valence-electron chi connectivity index (χ3n) is 5.31. The molecule has 0 aromatic carbocycles. The molecule has 0 radical (unpaired) electrons. The smallest absolute Gasteiger partial charge is 0.281 e. The highest BCUT2D eigenvalue weighted by molar-refractivity contribution is 7.86. The van der Waals surface area contributed by atoms with Crippen LogP contribution in [0.15, 0.2) is 18.6 Å². The summed E-state index contributed by atoms with van der Waals surface area (Å²) in [5.74, 6) is 0.980. The quantitative estimate of drug-likeness (QED) is 0.798. The van der Waals surface area contributed by atoms with E-state index in [4.69, 9.17) is 0 Å². The molecule has 1 aliphatic carbocycles. The molecule has 7 nitrogen and oxygen atoms in total. The molecular weight excluding hydrogens is 326 g/mol. The second kappa shape index (κ2) is 6.57. The van der Waals surface area contributed by atoms with Crippen molar-refractivity contribution >= 4 is 16.0 Å². The van der Waals surface area contributed by atoms with Crippen LogP contribution in [0.2, 0.25) is 0 Å². The number of anilines is 1. The van der Waals surface area contributed by atoms with Gasteiger partial charge in [0.2, 0.25) is 0 Å². The van der Waals surface area contributed by atoms with E-state index in [9.17, 15) is 8.42 Å². The number of piperidine rings is 1. The number of hydrogen-bond donors (Lipinski definition) is 0. The Balaban J connectivity index is 1.43. The summed E-state index contributed by atoms with van der Waals surface area (Å²) >= 11 is 0. The highest BCUT2D eigenvalue weighted by Crippen LogP contribution is 2.35. The van der Waals surface area contributed by atoms with E-state index < -0.39 is 10.2 Å². The molecule has 3 fully saturated rings. The topological polar surface area (TPSA) is 69.6 Å². The van der Waals surface area contributed by atoms with Gasteiger partial charge in [0.25, 0.3) is 10.2 Å². The Hall–Kier alpha value is -1.25. The van der Waals surface area contributed by atoms with E-state index >= 15 is 0 Å². The second-order valence-electron chi connectivity index (χ2n) is 6.95. The summed E-state index contributed by atoms with van der Waals surface area (Å²) in [7, 11) is -3.26. The average Bonchev–Trinajstić information content (AvgIpc) is 3.27. The predicted octanol–water partition coefficient (Wildman–Crippen LogP) is 1.25. The summed E-state index contributed by atoms with van der Waals surface area (Å²) in [6.07, 6.45) is 9.49. The summed E-state index contributed by atoms with van der Waals surface area (Å²) in [5.41, 5.74) is 0. The monoisotopic (exact) mass is 351 g/mol. The molecule has 1 aromatic rings. The molecule has 4 rings (SSSR count). The number of rotatable bonds is 5. The van der Waals surface area contributed by atoms with Crippen LogP contribution in [0.3, 0.4) is 0 Å². The fraction of sp³-hybridized carbons (Fsp3) is 0.750. The molecule has 0 unspecified atom stereocenters. The van der Waals surface area contributed by atoms with E-state index in [1.807, 2.05) is 6.07 Å². The lowest BCUT2D eigenvalue weighted by Gasteiger charge is -2.39. The van der Waals surface area contributed by atoms with Gasteiger partial charge in [-0.05, 0) is 44.6 Å². The summed E-state index contributed by atoms with van der Waals surface area (Å²) < 4.78 is 28.7. The van der Waals surface area contributed by atoms with Gasteiger partial charge in [-0.3, -0.25) is 0 Å². The van der Waals surface area contributed by atoms with Crippen molar-refractivity contribution in [2.75, 3.05) is 31.1 Å². The third-order valence-corrected chi connectivity index (χ3v) is 7.34. The molecular formula is C16H25N5O2S. The van der Waals surface area contributed by atoms with Gasteiger partial charge in [0, 0.05) is 44.5 Å². The van der Waals surface area contributed by atoms with Gasteiger partial charge in [-0.15, -0.1) is 0 Å². The average molecular weight is 351 g/mol. The fourth-order valence-electron chi connectivity index (χ4n) is 3.89. The van der Waals surface area contributed by atoms with E-state index in [1.165, 1.54) is 12.8 Å². The Morgan fingerprint density at radius 2 is 1.58 bits per heavy atom. The van der Waals surface area contributed by atoms with Gasteiger partial charge in [-0.1, -0.05) is 0 Å². The maximum atomic E-state index is 12.7. The molecule has 1 aromatic heterocycles. The van der Waals surface area contributed by atoms with E-state index in [2.05, 4.69) is 14.9 Å². The van der Waals surface area contributed by atoms with Crippen LogP contribution >= 0.6 is 0 Å². The fourth-order valence-corrected chi connectivity index (χ4v) is 5.61. The number of hydrogen-bond acceptors (Lipinski definition) is 5. The first-order valence-electron chi connectivity index (χ1n) is 8.96. The van der Waals surface area contributed by atoms with Gasteiger partial charge in [0.05, 0.1) is 0 Å². The largest absolute Gasteiger partial charge is 0.350 e. The minimum Gasteiger partial charge on any atom is -0.350 e. The van der Waals surface area contributed by atoms with E-state index in [-0.39, 0.29) is 0 Å². The molecule has 8 heteroatoms. The van der Waals surface area contributed by atoms with Crippen molar-refractivity contribution in [2.24, 2.45) is 0 Å². The summed E-state index contributed by atoms with van der Waals surface area (Å²) in [4.78, 5) is 10.8. The highest BCUT2D eigenvalue weighted by Gasteiger charge is 2.39. The normalized spacial score (nSPS) is 24.3. The molecule has 132 valence electrons. The van der Waals surface area contributed by atoms with Crippen LogP contribution in [0.4, 0.5) is 5.82 Å². The molecule has 0 spiro atoms. The molecule has 2 saturated heterocycles. The zero-order valence-electron chi connectivity index (χ0n) is 13.9. The number of aromatic nitrogens is 2.